The van der Waals surface area contributed by atoms with Gasteiger partial charge in [0, 0.05) is 0 Å². The fourth-order valence-corrected chi connectivity index (χ4v) is 4.78. The number of ether oxygens (including phenoxy) is 1. The Morgan fingerprint density at radius 3 is 2.29 bits per heavy atom. The number of aromatic carboxylic acids is 1. The molecule has 0 aliphatic carbocycles. The molecule has 0 spiro atoms. The van der Waals surface area contributed by atoms with Crippen molar-refractivity contribution in [2.24, 2.45) is 0 Å². The summed E-state index contributed by atoms with van der Waals surface area (Å²) in [5.74, 6) is -0.826. The quantitative estimate of drug-likeness (QED) is 0.600. The number of aryl methyl sites for hydroxylation is 1. The molecule has 1 N–H and O–H groups in total. The van der Waals surface area contributed by atoms with Gasteiger partial charge in [-0.2, -0.15) is 5.26 Å². The Morgan fingerprint density at radius 1 is 1.10 bits per heavy atom. The minimum Gasteiger partial charge on any atom is -0.497 e. The van der Waals surface area contributed by atoms with Gasteiger partial charge in [-0.05, 0) is 54.4 Å². The molecule has 0 saturated carbocycles. The van der Waals surface area contributed by atoms with Crippen LogP contribution >= 0.6 is 0 Å². The van der Waals surface area contributed by atoms with Crippen LogP contribution in [0.15, 0.2) is 71.6 Å². The number of methoxy groups -OCH3 is 1. The van der Waals surface area contributed by atoms with Crippen LogP contribution in [0.2, 0.25) is 0 Å². The minimum atomic E-state index is -4.14. The molecule has 0 aliphatic heterocycles. The molecule has 3 aromatic carbocycles. The first-order chi connectivity index (χ1) is 14.8. The first kappa shape index (κ1) is 21.9. The van der Waals surface area contributed by atoms with Gasteiger partial charge in [-0.1, -0.05) is 30.3 Å². The maximum atomic E-state index is 13.6. The molecule has 0 radical (unpaired) electrons. The van der Waals surface area contributed by atoms with E-state index in [0.29, 0.717) is 16.9 Å². The summed E-state index contributed by atoms with van der Waals surface area (Å²) >= 11 is 0. The zero-order valence-corrected chi connectivity index (χ0v) is 17.8. The van der Waals surface area contributed by atoms with E-state index in [-0.39, 0.29) is 28.3 Å². The van der Waals surface area contributed by atoms with Crippen LogP contribution < -0.4 is 9.04 Å². The molecule has 0 atom stereocenters. The average molecular weight is 436 g/mol. The van der Waals surface area contributed by atoms with Crippen LogP contribution in [0.5, 0.6) is 5.75 Å². The Balaban J connectivity index is 2.25. The number of benzene rings is 3. The summed E-state index contributed by atoms with van der Waals surface area (Å²) in [6, 6.07) is 19.3. The van der Waals surface area contributed by atoms with E-state index in [2.05, 4.69) is 0 Å². The van der Waals surface area contributed by atoms with Crippen molar-refractivity contribution in [2.45, 2.75) is 18.4 Å². The van der Waals surface area contributed by atoms with Crippen molar-refractivity contribution in [2.75, 3.05) is 11.4 Å². The molecule has 7 nitrogen and oxygen atoms in total. The van der Waals surface area contributed by atoms with E-state index < -0.39 is 16.0 Å². The Bertz CT molecular complexity index is 1250. The maximum absolute atomic E-state index is 13.6. The lowest BCUT2D eigenvalue weighted by molar-refractivity contribution is 0.0697. The molecular formula is C23H20N2O5S. The number of carboxylic acid groups (broad SMARTS) is 1. The number of hydrogen-bond donors (Lipinski definition) is 1. The monoisotopic (exact) mass is 436 g/mol. The molecule has 0 unspecified atom stereocenters. The summed E-state index contributed by atoms with van der Waals surface area (Å²) in [4.78, 5) is 12.0. The maximum Gasteiger partial charge on any atom is 0.337 e. The Morgan fingerprint density at radius 2 is 1.74 bits per heavy atom. The van der Waals surface area contributed by atoms with Gasteiger partial charge < -0.3 is 9.84 Å². The van der Waals surface area contributed by atoms with Gasteiger partial charge in [-0.3, -0.25) is 4.31 Å². The summed E-state index contributed by atoms with van der Waals surface area (Å²) in [6.45, 7) is 1.51. The molecule has 0 bridgehead atoms. The highest BCUT2D eigenvalue weighted by Gasteiger charge is 2.30. The highest BCUT2D eigenvalue weighted by Crippen LogP contribution is 2.33. The second kappa shape index (κ2) is 8.90. The lowest BCUT2D eigenvalue weighted by Gasteiger charge is -2.28. The zero-order valence-electron chi connectivity index (χ0n) is 16.9. The van der Waals surface area contributed by atoms with Gasteiger partial charge in [0.15, 0.2) is 0 Å². The Labute approximate surface area is 180 Å². The molecule has 0 aliphatic rings. The first-order valence-corrected chi connectivity index (χ1v) is 10.7. The zero-order chi connectivity index (χ0) is 22.6. The predicted molar refractivity (Wildman–Crippen MR) is 116 cm³/mol. The number of nitrogens with zero attached hydrogens (tertiary/aromatic N) is 2. The summed E-state index contributed by atoms with van der Waals surface area (Å²) < 4.78 is 33.5. The predicted octanol–water partition coefficient (Wildman–Crippen LogP) is 3.97. The fourth-order valence-electron chi connectivity index (χ4n) is 3.25. The lowest BCUT2D eigenvalue weighted by Crippen LogP contribution is -2.32. The van der Waals surface area contributed by atoms with Gasteiger partial charge in [0.1, 0.15) is 5.75 Å². The topological polar surface area (TPSA) is 108 Å². The van der Waals surface area contributed by atoms with Gasteiger partial charge in [-0.25, -0.2) is 13.2 Å². The van der Waals surface area contributed by atoms with Crippen LogP contribution in [0.4, 0.5) is 5.69 Å². The fraction of sp³-hybridized carbons (Fsp3) is 0.130. The molecule has 0 aromatic heterocycles. The molecular weight excluding hydrogens is 416 g/mol. The van der Waals surface area contributed by atoms with Crippen LogP contribution in [0.25, 0.3) is 0 Å². The van der Waals surface area contributed by atoms with Crippen LogP contribution in [0.3, 0.4) is 0 Å². The van der Waals surface area contributed by atoms with E-state index in [1.54, 1.807) is 37.3 Å². The Kier molecular flexibility index (Phi) is 6.28. The molecule has 31 heavy (non-hydrogen) atoms. The number of anilines is 1. The van der Waals surface area contributed by atoms with Gasteiger partial charge in [-0.15, -0.1) is 0 Å². The molecule has 0 amide bonds. The third-order valence-corrected chi connectivity index (χ3v) is 6.49. The number of sulfonamides is 1. The van der Waals surface area contributed by atoms with Crippen LogP contribution in [0, 0.1) is 18.3 Å². The van der Waals surface area contributed by atoms with Crippen LogP contribution in [0.1, 0.15) is 27.0 Å². The Hall–Kier alpha value is -3.83. The third kappa shape index (κ3) is 4.52. The summed E-state index contributed by atoms with van der Waals surface area (Å²) in [6.07, 6.45) is 0. The second-order valence-corrected chi connectivity index (χ2v) is 8.64. The van der Waals surface area contributed by atoms with E-state index in [0.717, 1.165) is 4.31 Å². The largest absolute Gasteiger partial charge is 0.497 e. The number of hydrogen-bond acceptors (Lipinski definition) is 5. The van der Waals surface area contributed by atoms with Gasteiger partial charge in [0.2, 0.25) is 0 Å². The summed E-state index contributed by atoms with van der Waals surface area (Å²) in [5.41, 5.74) is 0.944. The van der Waals surface area contributed by atoms with Crippen molar-refractivity contribution >= 4 is 21.7 Å². The van der Waals surface area contributed by atoms with Crippen molar-refractivity contribution in [3.8, 4) is 11.8 Å². The number of carbonyl (C=O) groups is 1. The van der Waals surface area contributed by atoms with Gasteiger partial charge >= 0.3 is 5.97 Å². The van der Waals surface area contributed by atoms with E-state index in [4.69, 9.17) is 4.74 Å². The van der Waals surface area contributed by atoms with E-state index in [1.807, 2.05) is 6.07 Å². The van der Waals surface area contributed by atoms with Crippen LogP contribution in [-0.2, 0) is 16.6 Å². The molecule has 8 heteroatoms. The molecule has 0 saturated heterocycles. The van der Waals surface area contributed by atoms with Gasteiger partial charge in [0.05, 0.1) is 41.4 Å². The summed E-state index contributed by atoms with van der Waals surface area (Å²) in [5, 5.41) is 19.0. The molecule has 0 fully saturated rings. The number of nitriles is 1. The second-order valence-electron chi connectivity index (χ2n) is 6.78. The van der Waals surface area contributed by atoms with Crippen molar-refractivity contribution in [1.29, 1.82) is 5.26 Å². The van der Waals surface area contributed by atoms with Crippen molar-refractivity contribution in [3.05, 3.63) is 89.0 Å². The molecule has 3 rings (SSSR count). The SMILES string of the molecule is COc1ccc(S(=O)(=O)N(Cc2ccccc2)c2c(C)cc(C#N)cc2C(=O)O)cc1. The summed E-state index contributed by atoms with van der Waals surface area (Å²) in [7, 11) is -2.67. The normalized spacial score (nSPS) is 10.9. The van der Waals surface area contributed by atoms with Crippen molar-refractivity contribution in [3.63, 3.8) is 0 Å². The van der Waals surface area contributed by atoms with Crippen molar-refractivity contribution in [1.82, 2.24) is 0 Å². The first-order valence-electron chi connectivity index (χ1n) is 9.26. The number of carboxylic acids is 1. The smallest absolute Gasteiger partial charge is 0.337 e. The highest BCUT2D eigenvalue weighted by atomic mass is 32.2. The molecule has 3 aromatic rings. The van der Waals surface area contributed by atoms with E-state index >= 15 is 0 Å². The van der Waals surface area contributed by atoms with Crippen LogP contribution in [-0.4, -0.2) is 26.6 Å². The molecule has 158 valence electrons. The number of rotatable bonds is 7. The van der Waals surface area contributed by atoms with Gasteiger partial charge in [0.25, 0.3) is 10.0 Å². The van der Waals surface area contributed by atoms with E-state index in [9.17, 15) is 23.6 Å². The molecule has 0 heterocycles. The third-order valence-electron chi connectivity index (χ3n) is 4.73. The minimum absolute atomic E-state index is 0.00988. The average Bonchev–Trinajstić information content (AvgIpc) is 2.77. The highest BCUT2D eigenvalue weighted by molar-refractivity contribution is 7.92. The lowest BCUT2D eigenvalue weighted by atomic mass is 10.0. The standard InChI is InChI=1S/C23H20N2O5S/c1-16-12-18(14-24)13-21(23(26)27)22(16)25(15-17-6-4-3-5-7-17)31(28,29)20-10-8-19(30-2)9-11-20/h3-13H,15H2,1-2H3,(H,26,27). The van der Waals surface area contributed by atoms with E-state index in [1.165, 1.54) is 43.5 Å². The van der Waals surface area contributed by atoms with Crippen molar-refractivity contribution < 1.29 is 23.1 Å².